The summed E-state index contributed by atoms with van der Waals surface area (Å²) < 4.78 is 4.63. The minimum Gasteiger partial charge on any atom is -0.468 e. The van der Waals surface area contributed by atoms with Gasteiger partial charge in [-0.2, -0.15) is 0 Å². The van der Waals surface area contributed by atoms with Gasteiger partial charge in [-0.1, -0.05) is 13.8 Å². The predicted molar refractivity (Wildman–Crippen MR) is 51.1 cm³/mol. The van der Waals surface area contributed by atoms with Crippen molar-refractivity contribution in [1.82, 2.24) is 0 Å². The van der Waals surface area contributed by atoms with Gasteiger partial charge in [0.1, 0.15) is 6.04 Å². The lowest BCUT2D eigenvalue weighted by atomic mass is 9.89. The van der Waals surface area contributed by atoms with Crippen LogP contribution < -0.4 is 5.73 Å². The Kier molecular flexibility index (Phi) is 2.96. The van der Waals surface area contributed by atoms with Gasteiger partial charge in [-0.05, 0) is 30.6 Å². The molecule has 1 saturated carbocycles. The Hall–Kier alpha value is -0.570. The molecule has 3 nitrogen and oxygen atoms in total. The first kappa shape index (κ1) is 10.5. The summed E-state index contributed by atoms with van der Waals surface area (Å²) in [6.45, 7) is 4.44. The Balaban J connectivity index is 2.51. The van der Waals surface area contributed by atoms with Gasteiger partial charge >= 0.3 is 5.97 Å². The number of nitrogens with two attached hydrogens (primary N) is 1. The fraction of sp³-hybridized carbons (Fsp3) is 0.900. The molecule has 0 aromatic heterocycles. The van der Waals surface area contributed by atoms with Crippen molar-refractivity contribution in [2.24, 2.45) is 17.1 Å². The minimum absolute atomic E-state index is 0.275. The van der Waals surface area contributed by atoms with Gasteiger partial charge in [-0.25, -0.2) is 0 Å². The number of methoxy groups -OCH3 is 1. The number of rotatable bonds is 2. The van der Waals surface area contributed by atoms with E-state index < -0.39 is 6.04 Å². The van der Waals surface area contributed by atoms with Crippen LogP contribution in [0.2, 0.25) is 0 Å². The predicted octanol–water partition coefficient (Wildman–Crippen LogP) is 1.31. The second kappa shape index (κ2) is 3.66. The lowest BCUT2D eigenvalue weighted by Crippen LogP contribution is -2.38. The summed E-state index contributed by atoms with van der Waals surface area (Å²) in [4.78, 5) is 11.2. The molecule has 76 valence electrons. The average Bonchev–Trinajstić information content (AvgIpc) is 2.43. The van der Waals surface area contributed by atoms with Crippen molar-refractivity contribution in [1.29, 1.82) is 0 Å². The molecule has 1 aliphatic carbocycles. The first-order valence-electron chi connectivity index (χ1n) is 4.80. The zero-order valence-electron chi connectivity index (χ0n) is 8.67. The van der Waals surface area contributed by atoms with E-state index in [1.807, 2.05) is 0 Å². The maximum atomic E-state index is 11.2. The third-order valence-electron chi connectivity index (χ3n) is 2.99. The van der Waals surface area contributed by atoms with Crippen LogP contribution in [0.3, 0.4) is 0 Å². The van der Waals surface area contributed by atoms with E-state index in [2.05, 4.69) is 18.6 Å². The first-order valence-corrected chi connectivity index (χ1v) is 4.80. The smallest absolute Gasteiger partial charge is 0.322 e. The highest BCUT2D eigenvalue weighted by atomic mass is 16.5. The lowest BCUT2D eigenvalue weighted by Gasteiger charge is -2.20. The Morgan fingerprint density at radius 2 is 2.23 bits per heavy atom. The molecule has 0 radical (unpaired) electrons. The van der Waals surface area contributed by atoms with Crippen molar-refractivity contribution in [2.75, 3.05) is 7.11 Å². The Morgan fingerprint density at radius 1 is 1.62 bits per heavy atom. The Labute approximate surface area is 79.6 Å². The zero-order valence-corrected chi connectivity index (χ0v) is 8.67. The van der Waals surface area contributed by atoms with Crippen LogP contribution in [0.4, 0.5) is 0 Å². The van der Waals surface area contributed by atoms with E-state index in [1.54, 1.807) is 0 Å². The van der Waals surface area contributed by atoms with Crippen molar-refractivity contribution >= 4 is 5.97 Å². The number of hydrogen-bond donors (Lipinski definition) is 1. The summed E-state index contributed by atoms with van der Waals surface area (Å²) in [6, 6.07) is -0.424. The minimum atomic E-state index is -0.424. The fourth-order valence-electron chi connectivity index (χ4n) is 2.13. The third-order valence-corrected chi connectivity index (χ3v) is 2.99. The number of esters is 1. The van der Waals surface area contributed by atoms with E-state index in [4.69, 9.17) is 5.73 Å². The number of ether oxygens (including phenoxy) is 1. The van der Waals surface area contributed by atoms with E-state index in [0.29, 0.717) is 11.3 Å². The summed E-state index contributed by atoms with van der Waals surface area (Å²) >= 11 is 0. The zero-order chi connectivity index (χ0) is 10.1. The molecular formula is C10H19NO2. The van der Waals surface area contributed by atoms with Crippen molar-refractivity contribution in [3.8, 4) is 0 Å². The fourth-order valence-corrected chi connectivity index (χ4v) is 2.13. The SMILES string of the molecule is COC(=O)C(N)C1CCC(C)(C)C1. The molecule has 0 spiro atoms. The van der Waals surface area contributed by atoms with Gasteiger partial charge in [0.05, 0.1) is 7.11 Å². The Bertz CT molecular complexity index is 201. The number of hydrogen-bond acceptors (Lipinski definition) is 3. The summed E-state index contributed by atoms with van der Waals surface area (Å²) in [5.74, 6) is 0.0325. The van der Waals surface area contributed by atoms with Gasteiger partial charge in [0.2, 0.25) is 0 Å². The van der Waals surface area contributed by atoms with Crippen molar-refractivity contribution in [3.05, 3.63) is 0 Å². The topological polar surface area (TPSA) is 52.3 Å². The van der Waals surface area contributed by atoms with Crippen LogP contribution in [0.1, 0.15) is 33.1 Å². The van der Waals surface area contributed by atoms with E-state index >= 15 is 0 Å². The van der Waals surface area contributed by atoms with Gasteiger partial charge in [-0.15, -0.1) is 0 Å². The van der Waals surface area contributed by atoms with E-state index in [-0.39, 0.29) is 5.97 Å². The summed E-state index contributed by atoms with van der Waals surface area (Å²) in [5.41, 5.74) is 6.12. The van der Waals surface area contributed by atoms with Gasteiger partial charge in [-0.3, -0.25) is 4.79 Å². The molecule has 1 aliphatic rings. The lowest BCUT2D eigenvalue weighted by molar-refractivity contribution is -0.143. The standard InChI is InChI=1S/C10H19NO2/c1-10(2)5-4-7(6-10)8(11)9(12)13-3/h7-8H,4-6,11H2,1-3H3. The first-order chi connectivity index (χ1) is 5.96. The molecule has 2 N–H and O–H groups in total. The molecule has 3 heteroatoms. The molecule has 0 aromatic carbocycles. The van der Waals surface area contributed by atoms with Crippen LogP contribution in [0, 0.1) is 11.3 Å². The van der Waals surface area contributed by atoms with Gasteiger partial charge in [0, 0.05) is 0 Å². The normalized spacial score (nSPS) is 28.5. The molecule has 0 aromatic rings. The van der Waals surface area contributed by atoms with Crippen molar-refractivity contribution in [3.63, 3.8) is 0 Å². The van der Waals surface area contributed by atoms with Crippen LogP contribution in [-0.4, -0.2) is 19.1 Å². The molecule has 1 rings (SSSR count). The molecule has 0 bridgehead atoms. The highest BCUT2D eigenvalue weighted by Crippen LogP contribution is 2.41. The van der Waals surface area contributed by atoms with Crippen LogP contribution in [0.25, 0.3) is 0 Å². The van der Waals surface area contributed by atoms with Gasteiger partial charge in [0.15, 0.2) is 0 Å². The van der Waals surface area contributed by atoms with Crippen LogP contribution in [-0.2, 0) is 9.53 Å². The average molecular weight is 185 g/mol. The van der Waals surface area contributed by atoms with E-state index in [1.165, 1.54) is 7.11 Å². The second-order valence-electron chi connectivity index (χ2n) is 4.72. The number of carbonyl (C=O) groups excluding carboxylic acids is 1. The monoisotopic (exact) mass is 185 g/mol. The van der Waals surface area contributed by atoms with Crippen LogP contribution >= 0.6 is 0 Å². The van der Waals surface area contributed by atoms with E-state index in [0.717, 1.165) is 19.3 Å². The third kappa shape index (κ3) is 2.44. The maximum absolute atomic E-state index is 11.2. The van der Waals surface area contributed by atoms with Crippen molar-refractivity contribution in [2.45, 2.75) is 39.2 Å². The summed E-state index contributed by atoms with van der Waals surface area (Å²) in [6.07, 6.45) is 3.23. The summed E-state index contributed by atoms with van der Waals surface area (Å²) in [7, 11) is 1.39. The highest BCUT2D eigenvalue weighted by molar-refractivity contribution is 5.75. The molecule has 2 unspecified atom stereocenters. The molecule has 1 fully saturated rings. The highest BCUT2D eigenvalue weighted by Gasteiger charge is 2.36. The van der Waals surface area contributed by atoms with Gasteiger partial charge in [0.25, 0.3) is 0 Å². The summed E-state index contributed by atoms with van der Waals surface area (Å²) in [5, 5.41) is 0. The molecule has 0 heterocycles. The van der Waals surface area contributed by atoms with Gasteiger partial charge < -0.3 is 10.5 Å². The van der Waals surface area contributed by atoms with Crippen molar-refractivity contribution < 1.29 is 9.53 Å². The second-order valence-corrected chi connectivity index (χ2v) is 4.72. The number of carbonyl (C=O) groups is 1. The maximum Gasteiger partial charge on any atom is 0.322 e. The molecule has 13 heavy (non-hydrogen) atoms. The quantitative estimate of drug-likeness (QED) is 0.660. The molecule has 0 aliphatic heterocycles. The molecule has 2 atom stereocenters. The molecule has 0 saturated heterocycles. The Morgan fingerprint density at radius 3 is 2.62 bits per heavy atom. The van der Waals surface area contributed by atoms with Crippen LogP contribution in [0.5, 0.6) is 0 Å². The molecule has 0 amide bonds. The largest absolute Gasteiger partial charge is 0.468 e. The van der Waals surface area contributed by atoms with Crippen LogP contribution in [0.15, 0.2) is 0 Å². The molecular weight excluding hydrogens is 166 g/mol. The van der Waals surface area contributed by atoms with E-state index in [9.17, 15) is 4.79 Å².